The van der Waals surface area contributed by atoms with Crippen molar-refractivity contribution in [3.8, 4) is 11.3 Å². The molecule has 0 aliphatic carbocycles. The molecule has 0 aliphatic rings. The molecule has 2 aromatic carbocycles. The van der Waals surface area contributed by atoms with E-state index in [1.807, 2.05) is 55.5 Å². The van der Waals surface area contributed by atoms with E-state index in [0.29, 0.717) is 0 Å². The molecule has 23 heavy (non-hydrogen) atoms. The first-order valence-electron chi connectivity index (χ1n) is 7.42. The largest absolute Gasteiger partial charge is 0.364 e. The molecule has 3 N–H and O–H groups in total. The Labute approximate surface area is 133 Å². The predicted octanol–water partition coefficient (Wildman–Crippen LogP) is 3.79. The number of primary amides is 1. The van der Waals surface area contributed by atoms with Gasteiger partial charge in [0.15, 0.2) is 0 Å². The Morgan fingerprint density at radius 2 is 1.78 bits per heavy atom. The molecule has 0 unspecified atom stereocenters. The Hall–Kier alpha value is -3.14. The number of aromatic nitrogens is 2. The van der Waals surface area contributed by atoms with Gasteiger partial charge in [-0.25, -0.2) is 4.98 Å². The van der Waals surface area contributed by atoms with Gasteiger partial charge < -0.3 is 10.7 Å². The van der Waals surface area contributed by atoms with Crippen LogP contribution < -0.4 is 5.73 Å². The third kappa shape index (κ3) is 2.16. The van der Waals surface area contributed by atoms with Crippen molar-refractivity contribution in [1.29, 1.82) is 0 Å². The molecule has 0 fully saturated rings. The fraction of sp³-hybridized carbons (Fsp3) is 0.0526. The number of H-pyrrole nitrogens is 1. The third-order valence-corrected chi connectivity index (χ3v) is 4.07. The van der Waals surface area contributed by atoms with Crippen LogP contribution in [0.15, 0.2) is 54.6 Å². The minimum absolute atomic E-state index is 0.276. The number of nitrogens with zero attached hydrogens (tertiary/aromatic N) is 1. The molecule has 2 aromatic heterocycles. The number of hydrogen-bond acceptors (Lipinski definition) is 2. The van der Waals surface area contributed by atoms with Crippen molar-refractivity contribution in [3.63, 3.8) is 0 Å². The molecule has 0 spiro atoms. The highest BCUT2D eigenvalue weighted by Gasteiger charge is 2.15. The van der Waals surface area contributed by atoms with Gasteiger partial charge >= 0.3 is 0 Å². The molecule has 0 aliphatic heterocycles. The molecule has 4 nitrogen and oxygen atoms in total. The van der Waals surface area contributed by atoms with Crippen LogP contribution in [-0.4, -0.2) is 15.9 Å². The van der Waals surface area contributed by atoms with Crippen molar-refractivity contribution in [2.75, 3.05) is 0 Å². The number of aryl methyl sites for hydroxylation is 1. The topological polar surface area (TPSA) is 71.8 Å². The molecule has 4 aromatic rings. The maximum absolute atomic E-state index is 11.7. The van der Waals surface area contributed by atoms with Gasteiger partial charge in [-0.05, 0) is 19.1 Å². The van der Waals surface area contributed by atoms with Crippen LogP contribution in [0.4, 0.5) is 0 Å². The molecule has 4 heteroatoms. The van der Waals surface area contributed by atoms with Gasteiger partial charge in [-0.1, -0.05) is 48.0 Å². The van der Waals surface area contributed by atoms with Gasteiger partial charge in [-0.15, -0.1) is 0 Å². The number of benzene rings is 2. The number of carbonyl (C=O) groups excluding carboxylic acids is 1. The summed E-state index contributed by atoms with van der Waals surface area (Å²) >= 11 is 0. The number of carbonyl (C=O) groups is 1. The fourth-order valence-electron chi connectivity index (χ4n) is 2.89. The van der Waals surface area contributed by atoms with Crippen molar-refractivity contribution in [1.82, 2.24) is 9.97 Å². The molecule has 0 atom stereocenters. The second kappa shape index (κ2) is 4.95. The summed E-state index contributed by atoms with van der Waals surface area (Å²) in [6.07, 6.45) is 0. The number of nitrogens with one attached hydrogen (secondary N) is 1. The van der Waals surface area contributed by atoms with E-state index in [4.69, 9.17) is 5.73 Å². The molecule has 2 heterocycles. The summed E-state index contributed by atoms with van der Waals surface area (Å²) in [7, 11) is 0. The van der Waals surface area contributed by atoms with E-state index in [1.165, 1.54) is 5.56 Å². The van der Waals surface area contributed by atoms with Crippen LogP contribution in [-0.2, 0) is 0 Å². The van der Waals surface area contributed by atoms with Gasteiger partial charge in [0.25, 0.3) is 5.91 Å². The number of hydrogen-bond donors (Lipinski definition) is 2. The molecule has 1 amide bonds. The average molecular weight is 301 g/mol. The number of aromatic amines is 1. The van der Waals surface area contributed by atoms with Crippen molar-refractivity contribution in [2.24, 2.45) is 5.73 Å². The molecule has 0 radical (unpaired) electrons. The quantitative estimate of drug-likeness (QED) is 0.591. The van der Waals surface area contributed by atoms with Crippen LogP contribution in [0.2, 0.25) is 0 Å². The number of pyridine rings is 1. The summed E-state index contributed by atoms with van der Waals surface area (Å²) in [5.41, 5.74) is 10.6. The van der Waals surface area contributed by atoms with E-state index in [2.05, 4.69) is 9.97 Å². The first-order valence-corrected chi connectivity index (χ1v) is 7.42. The Bertz CT molecular complexity index is 1050. The van der Waals surface area contributed by atoms with Crippen molar-refractivity contribution in [2.45, 2.75) is 6.92 Å². The Morgan fingerprint density at radius 1 is 1.04 bits per heavy atom. The van der Waals surface area contributed by atoms with Gasteiger partial charge in [0.05, 0.1) is 11.2 Å². The number of fused-ring (bicyclic) bond motifs is 3. The molecule has 0 saturated heterocycles. The molecule has 0 bridgehead atoms. The summed E-state index contributed by atoms with van der Waals surface area (Å²) in [6, 6.07) is 17.8. The van der Waals surface area contributed by atoms with Gasteiger partial charge in [-0.2, -0.15) is 0 Å². The summed E-state index contributed by atoms with van der Waals surface area (Å²) in [6.45, 7) is 2.04. The molecule has 0 saturated carbocycles. The first kappa shape index (κ1) is 13.5. The maximum atomic E-state index is 11.7. The average Bonchev–Trinajstić information content (AvgIpc) is 2.93. The van der Waals surface area contributed by atoms with Crippen LogP contribution in [0.1, 0.15) is 16.1 Å². The zero-order chi connectivity index (χ0) is 16.0. The second-order valence-electron chi connectivity index (χ2n) is 5.68. The standard InChI is InChI=1S/C19H15N3O/c1-11-6-8-12(9-7-11)17-18-14(10-16(22-17)19(20)23)13-4-2-3-5-15(13)21-18/h2-10,21H,1H3,(H2,20,23). The lowest BCUT2D eigenvalue weighted by atomic mass is 10.1. The van der Waals surface area contributed by atoms with E-state index in [9.17, 15) is 4.79 Å². The lowest BCUT2D eigenvalue weighted by Crippen LogP contribution is -2.13. The highest BCUT2D eigenvalue weighted by Crippen LogP contribution is 2.32. The molecular formula is C19H15N3O. The summed E-state index contributed by atoms with van der Waals surface area (Å²) in [5, 5.41) is 2.01. The smallest absolute Gasteiger partial charge is 0.267 e. The Kier molecular flexibility index (Phi) is 2.91. The fourth-order valence-corrected chi connectivity index (χ4v) is 2.89. The van der Waals surface area contributed by atoms with Gasteiger partial charge in [0, 0.05) is 21.9 Å². The summed E-state index contributed by atoms with van der Waals surface area (Å²) < 4.78 is 0. The summed E-state index contributed by atoms with van der Waals surface area (Å²) in [4.78, 5) is 19.6. The third-order valence-electron chi connectivity index (χ3n) is 4.07. The van der Waals surface area contributed by atoms with Crippen LogP contribution in [0.25, 0.3) is 33.1 Å². The van der Waals surface area contributed by atoms with E-state index in [1.54, 1.807) is 6.07 Å². The zero-order valence-corrected chi connectivity index (χ0v) is 12.6. The number of nitrogens with two attached hydrogens (primary N) is 1. The first-order chi connectivity index (χ1) is 11.1. The van der Waals surface area contributed by atoms with E-state index >= 15 is 0 Å². The van der Waals surface area contributed by atoms with Crippen molar-refractivity contribution < 1.29 is 4.79 Å². The lowest BCUT2D eigenvalue weighted by molar-refractivity contribution is 0.0996. The highest BCUT2D eigenvalue weighted by atomic mass is 16.1. The molecular weight excluding hydrogens is 286 g/mol. The lowest BCUT2D eigenvalue weighted by Gasteiger charge is -2.06. The van der Waals surface area contributed by atoms with Gasteiger partial charge in [0.2, 0.25) is 0 Å². The molecule has 4 rings (SSSR count). The van der Waals surface area contributed by atoms with E-state index in [-0.39, 0.29) is 5.69 Å². The van der Waals surface area contributed by atoms with Crippen LogP contribution in [0, 0.1) is 6.92 Å². The number of rotatable bonds is 2. The predicted molar refractivity (Wildman–Crippen MR) is 92.3 cm³/mol. The maximum Gasteiger partial charge on any atom is 0.267 e. The summed E-state index contributed by atoms with van der Waals surface area (Å²) in [5.74, 6) is -0.523. The van der Waals surface area contributed by atoms with E-state index < -0.39 is 5.91 Å². The van der Waals surface area contributed by atoms with Crippen molar-refractivity contribution >= 4 is 27.7 Å². The van der Waals surface area contributed by atoms with Crippen LogP contribution >= 0.6 is 0 Å². The van der Waals surface area contributed by atoms with Crippen LogP contribution in [0.5, 0.6) is 0 Å². The Morgan fingerprint density at radius 3 is 2.52 bits per heavy atom. The van der Waals surface area contributed by atoms with Crippen LogP contribution in [0.3, 0.4) is 0 Å². The highest BCUT2D eigenvalue weighted by molar-refractivity contribution is 6.13. The SMILES string of the molecule is Cc1ccc(-c2nc(C(N)=O)cc3c2[nH]c2ccccc23)cc1. The Balaban J connectivity index is 2.12. The number of para-hydroxylation sites is 1. The zero-order valence-electron chi connectivity index (χ0n) is 12.6. The number of amides is 1. The normalized spacial score (nSPS) is 11.2. The van der Waals surface area contributed by atoms with Crippen molar-refractivity contribution in [3.05, 3.63) is 65.9 Å². The van der Waals surface area contributed by atoms with E-state index in [0.717, 1.165) is 33.1 Å². The van der Waals surface area contributed by atoms with Gasteiger partial charge in [-0.3, -0.25) is 4.79 Å². The second-order valence-corrected chi connectivity index (χ2v) is 5.68. The minimum Gasteiger partial charge on any atom is -0.364 e. The molecule has 112 valence electrons. The van der Waals surface area contributed by atoms with Gasteiger partial charge in [0.1, 0.15) is 5.69 Å². The monoisotopic (exact) mass is 301 g/mol. The minimum atomic E-state index is -0.523.